The molecule has 0 aliphatic rings. The second-order valence-corrected chi connectivity index (χ2v) is 7.05. The third kappa shape index (κ3) is 4.76. The normalized spacial score (nSPS) is 12.0. The van der Waals surface area contributed by atoms with E-state index >= 15 is 0 Å². The zero-order chi connectivity index (χ0) is 20.1. The molecule has 3 aromatic rings. The number of aryl methyl sites for hydroxylation is 1. The minimum Gasteiger partial charge on any atom is -0.481 e. The largest absolute Gasteiger partial charge is 0.481 e. The van der Waals surface area contributed by atoms with Crippen LogP contribution in [0, 0.1) is 6.92 Å². The van der Waals surface area contributed by atoms with Gasteiger partial charge in [-0.15, -0.1) is 0 Å². The van der Waals surface area contributed by atoms with E-state index in [4.69, 9.17) is 9.26 Å². The van der Waals surface area contributed by atoms with E-state index in [1.807, 2.05) is 55.5 Å². The molecule has 1 heterocycles. The van der Waals surface area contributed by atoms with Crippen molar-refractivity contribution in [1.82, 2.24) is 15.5 Å². The van der Waals surface area contributed by atoms with Crippen molar-refractivity contribution in [1.29, 1.82) is 0 Å². The summed E-state index contributed by atoms with van der Waals surface area (Å²) < 4.78 is 11.2. The van der Waals surface area contributed by atoms with Crippen molar-refractivity contribution >= 4 is 5.91 Å². The van der Waals surface area contributed by atoms with Crippen molar-refractivity contribution in [2.75, 3.05) is 0 Å². The van der Waals surface area contributed by atoms with Gasteiger partial charge in [-0.2, -0.15) is 4.98 Å². The topological polar surface area (TPSA) is 77.2 Å². The van der Waals surface area contributed by atoms with Gasteiger partial charge >= 0.3 is 0 Å². The molecule has 1 atom stereocenters. The Morgan fingerprint density at radius 1 is 1.14 bits per heavy atom. The molecule has 28 heavy (non-hydrogen) atoms. The van der Waals surface area contributed by atoms with E-state index in [0.717, 1.165) is 22.4 Å². The maximum atomic E-state index is 12.4. The van der Waals surface area contributed by atoms with Crippen LogP contribution >= 0.6 is 0 Å². The molecule has 0 aliphatic heterocycles. The zero-order valence-electron chi connectivity index (χ0n) is 16.6. The molecule has 146 valence electrons. The van der Waals surface area contributed by atoms with E-state index in [0.29, 0.717) is 17.6 Å². The molecule has 0 unspecified atom stereocenters. The number of aromatic nitrogens is 2. The maximum absolute atomic E-state index is 12.4. The summed E-state index contributed by atoms with van der Waals surface area (Å²) in [5, 5.41) is 6.74. The summed E-state index contributed by atoms with van der Waals surface area (Å²) in [5.74, 6) is 1.64. The van der Waals surface area contributed by atoms with Crippen molar-refractivity contribution in [2.24, 2.45) is 0 Å². The van der Waals surface area contributed by atoms with Crippen LogP contribution in [-0.4, -0.2) is 22.2 Å². The standard InChI is InChI=1S/C22H25N3O3/c1-14(2)18-11-10-15(3)12-19(18)27-16(4)22(26)23-13-20-24-21(25-28-20)17-8-6-5-7-9-17/h5-12,14,16H,13H2,1-4H3,(H,23,26)/t16-/m1/s1. The van der Waals surface area contributed by atoms with E-state index in [9.17, 15) is 4.79 Å². The first kappa shape index (κ1) is 19.6. The quantitative estimate of drug-likeness (QED) is 0.664. The van der Waals surface area contributed by atoms with Crippen LogP contribution in [0.3, 0.4) is 0 Å². The highest BCUT2D eigenvalue weighted by molar-refractivity contribution is 5.80. The van der Waals surface area contributed by atoms with Gasteiger partial charge in [-0.05, 0) is 37.0 Å². The summed E-state index contributed by atoms with van der Waals surface area (Å²) >= 11 is 0. The molecule has 0 saturated carbocycles. The van der Waals surface area contributed by atoms with Gasteiger partial charge in [0.2, 0.25) is 11.7 Å². The van der Waals surface area contributed by atoms with Gasteiger partial charge in [0.05, 0.1) is 6.54 Å². The second-order valence-electron chi connectivity index (χ2n) is 7.05. The van der Waals surface area contributed by atoms with E-state index < -0.39 is 6.10 Å². The lowest BCUT2D eigenvalue weighted by atomic mass is 10.0. The van der Waals surface area contributed by atoms with Crippen LogP contribution in [0.25, 0.3) is 11.4 Å². The van der Waals surface area contributed by atoms with Gasteiger partial charge in [-0.25, -0.2) is 0 Å². The first-order valence-electron chi connectivity index (χ1n) is 9.37. The highest BCUT2D eigenvalue weighted by Gasteiger charge is 2.18. The SMILES string of the molecule is Cc1ccc(C(C)C)c(O[C@H](C)C(=O)NCc2nc(-c3ccccc3)no2)c1. The first-order chi connectivity index (χ1) is 13.4. The third-order valence-electron chi connectivity index (χ3n) is 4.38. The molecule has 2 aromatic carbocycles. The average molecular weight is 379 g/mol. The molecule has 0 radical (unpaired) electrons. The third-order valence-corrected chi connectivity index (χ3v) is 4.38. The minimum absolute atomic E-state index is 0.150. The fraction of sp³-hybridized carbons (Fsp3) is 0.318. The number of nitrogens with zero attached hydrogens (tertiary/aromatic N) is 2. The number of rotatable bonds is 7. The summed E-state index contributed by atoms with van der Waals surface area (Å²) in [6.07, 6.45) is -0.643. The van der Waals surface area contributed by atoms with Crippen molar-refractivity contribution in [3.63, 3.8) is 0 Å². The molecule has 6 nitrogen and oxygen atoms in total. The lowest BCUT2D eigenvalue weighted by Gasteiger charge is -2.19. The van der Waals surface area contributed by atoms with Crippen LogP contribution < -0.4 is 10.1 Å². The van der Waals surface area contributed by atoms with E-state index in [1.54, 1.807) is 6.92 Å². The Morgan fingerprint density at radius 3 is 2.61 bits per heavy atom. The Balaban J connectivity index is 1.60. The molecule has 1 N–H and O–H groups in total. The second kappa shape index (κ2) is 8.69. The molecule has 3 rings (SSSR count). The number of carbonyl (C=O) groups is 1. The van der Waals surface area contributed by atoms with Gasteiger partial charge in [0.1, 0.15) is 5.75 Å². The highest BCUT2D eigenvalue weighted by atomic mass is 16.5. The molecule has 1 aromatic heterocycles. The van der Waals surface area contributed by atoms with Gasteiger partial charge in [0.25, 0.3) is 5.91 Å². The summed E-state index contributed by atoms with van der Waals surface area (Å²) in [5.41, 5.74) is 3.03. The number of nitrogens with one attached hydrogen (secondary N) is 1. The number of ether oxygens (including phenoxy) is 1. The predicted octanol–water partition coefficient (Wildman–Crippen LogP) is 4.25. The molecule has 0 bridgehead atoms. The molecule has 6 heteroatoms. The number of hydrogen-bond acceptors (Lipinski definition) is 5. The number of carbonyl (C=O) groups excluding carboxylic acids is 1. The van der Waals surface area contributed by atoms with Crippen LogP contribution in [0.15, 0.2) is 53.1 Å². The van der Waals surface area contributed by atoms with E-state index in [2.05, 4.69) is 29.3 Å². The van der Waals surface area contributed by atoms with Gasteiger partial charge in [-0.3, -0.25) is 4.79 Å². The fourth-order valence-corrected chi connectivity index (χ4v) is 2.80. The van der Waals surface area contributed by atoms with Crippen LogP contribution in [0.5, 0.6) is 5.75 Å². The minimum atomic E-state index is -0.643. The first-order valence-corrected chi connectivity index (χ1v) is 9.37. The Hall–Kier alpha value is -3.15. The maximum Gasteiger partial charge on any atom is 0.261 e. The number of hydrogen-bond donors (Lipinski definition) is 1. The Kier molecular flexibility index (Phi) is 6.09. The van der Waals surface area contributed by atoms with Gasteiger partial charge in [0.15, 0.2) is 6.10 Å². The Labute approximate surface area is 164 Å². The molecular weight excluding hydrogens is 354 g/mol. The Bertz CT molecular complexity index is 935. The lowest BCUT2D eigenvalue weighted by molar-refractivity contribution is -0.127. The van der Waals surface area contributed by atoms with Gasteiger partial charge in [-0.1, -0.05) is 61.5 Å². The van der Waals surface area contributed by atoms with E-state index in [-0.39, 0.29) is 12.5 Å². The summed E-state index contributed by atoms with van der Waals surface area (Å²) in [7, 11) is 0. The molecule has 1 amide bonds. The number of benzene rings is 2. The summed E-state index contributed by atoms with van der Waals surface area (Å²) in [4.78, 5) is 16.7. The molecule has 0 saturated heterocycles. The van der Waals surface area contributed by atoms with Gasteiger partial charge in [0, 0.05) is 5.56 Å². The van der Waals surface area contributed by atoms with Crippen LogP contribution in [0.2, 0.25) is 0 Å². The molecule has 0 aliphatic carbocycles. The van der Waals surface area contributed by atoms with Crippen LogP contribution in [0.1, 0.15) is 43.7 Å². The van der Waals surface area contributed by atoms with Crippen LogP contribution in [0.4, 0.5) is 0 Å². The monoisotopic (exact) mass is 379 g/mol. The number of amides is 1. The van der Waals surface area contributed by atoms with Crippen molar-refractivity contribution in [2.45, 2.75) is 46.3 Å². The lowest BCUT2D eigenvalue weighted by Crippen LogP contribution is -2.36. The zero-order valence-corrected chi connectivity index (χ0v) is 16.6. The van der Waals surface area contributed by atoms with Gasteiger partial charge < -0.3 is 14.6 Å². The van der Waals surface area contributed by atoms with E-state index in [1.165, 1.54) is 0 Å². The molecule has 0 spiro atoms. The predicted molar refractivity (Wildman–Crippen MR) is 107 cm³/mol. The van der Waals surface area contributed by atoms with Crippen molar-refractivity contribution < 1.29 is 14.1 Å². The molecule has 0 fully saturated rings. The fourth-order valence-electron chi connectivity index (χ4n) is 2.80. The smallest absolute Gasteiger partial charge is 0.261 e. The Morgan fingerprint density at radius 2 is 1.89 bits per heavy atom. The highest BCUT2D eigenvalue weighted by Crippen LogP contribution is 2.28. The van der Waals surface area contributed by atoms with Crippen LogP contribution in [-0.2, 0) is 11.3 Å². The molecular formula is C22H25N3O3. The summed E-state index contributed by atoms with van der Waals surface area (Å²) in [6.45, 7) is 8.08. The average Bonchev–Trinajstić information content (AvgIpc) is 3.15. The van der Waals surface area contributed by atoms with Crippen molar-refractivity contribution in [3.8, 4) is 17.1 Å². The summed E-state index contributed by atoms with van der Waals surface area (Å²) in [6, 6.07) is 15.6. The van der Waals surface area contributed by atoms with Crippen molar-refractivity contribution in [3.05, 3.63) is 65.5 Å².